The van der Waals surface area contributed by atoms with Gasteiger partial charge in [-0.05, 0) is 23.9 Å². The molecular weight excluding hydrogens is 312 g/mol. The molecule has 0 aromatic heterocycles. The predicted molar refractivity (Wildman–Crippen MR) is 78.7 cm³/mol. The van der Waals surface area contributed by atoms with Crippen LogP contribution in [0.1, 0.15) is 17.3 Å². The molecule has 22 heavy (non-hydrogen) atoms. The van der Waals surface area contributed by atoms with Crippen molar-refractivity contribution in [2.75, 3.05) is 5.75 Å². The zero-order chi connectivity index (χ0) is 16.7. The fraction of sp³-hybridized carbons (Fsp3) is 0.231. The summed E-state index contributed by atoms with van der Waals surface area (Å²) in [6.45, 7) is 1.21. The number of benzene rings is 1. The van der Waals surface area contributed by atoms with Gasteiger partial charge >= 0.3 is 11.3 Å². The van der Waals surface area contributed by atoms with Crippen LogP contribution in [0, 0.1) is 0 Å². The first-order chi connectivity index (χ1) is 10.3. The number of carboxylic acid groups (broad SMARTS) is 1. The Kier molecular flexibility index (Phi) is 6.39. The highest BCUT2D eigenvalue weighted by molar-refractivity contribution is 8.13. The third kappa shape index (κ3) is 5.44. The number of primary amides is 1. The Hall–Kier alpha value is -2.55. The fourth-order valence-electron chi connectivity index (χ4n) is 1.44. The van der Waals surface area contributed by atoms with Crippen LogP contribution in [0.5, 0.6) is 5.75 Å². The highest BCUT2D eigenvalue weighted by Crippen LogP contribution is 2.20. The smallest absolute Gasteiger partial charge is 0.372 e. The number of carbonyl (C=O) groups excluding carboxylic acids is 3. The lowest BCUT2D eigenvalue weighted by molar-refractivity contribution is -0.125. The van der Waals surface area contributed by atoms with Gasteiger partial charge in [-0.15, -0.1) is 0 Å². The van der Waals surface area contributed by atoms with Crippen molar-refractivity contribution in [1.82, 2.24) is 5.32 Å². The molecule has 0 aliphatic carbocycles. The Morgan fingerprint density at radius 1 is 1.32 bits per heavy atom. The predicted octanol–water partition coefficient (Wildman–Crippen LogP) is 0.607. The summed E-state index contributed by atoms with van der Waals surface area (Å²) in [6.07, 6.45) is 0. The summed E-state index contributed by atoms with van der Waals surface area (Å²) in [6, 6.07) is 4.61. The van der Waals surface area contributed by atoms with Crippen LogP contribution < -0.4 is 15.8 Å². The maximum atomic E-state index is 11.7. The van der Waals surface area contributed by atoms with Crippen molar-refractivity contribution in [3.8, 4) is 5.75 Å². The lowest BCUT2D eigenvalue weighted by Crippen LogP contribution is -2.45. The number of amides is 2. The maximum Gasteiger partial charge on any atom is 0.372 e. The van der Waals surface area contributed by atoms with Crippen LogP contribution in [0.2, 0.25) is 0 Å². The van der Waals surface area contributed by atoms with Gasteiger partial charge in [0.1, 0.15) is 17.4 Å². The summed E-state index contributed by atoms with van der Waals surface area (Å²) >= 11 is 0.600. The normalized spacial score (nSPS) is 11.3. The SMILES string of the molecule is CC(=O)N[C@@H](CSC(=O)Oc1ccccc1C(=O)O)C(N)=O. The van der Waals surface area contributed by atoms with Crippen LogP contribution in [-0.4, -0.2) is 40.0 Å². The molecule has 1 atom stereocenters. The zero-order valence-corrected chi connectivity index (χ0v) is 12.4. The van der Waals surface area contributed by atoms with E-state index in [-0.39, 0.29) is 17.1 Å². The molecule has 1 aromatic carbocycles. The Bertz CT molecular complexity index is 604. The number of thioether (sulfide) groups is 1. The quantitative estimate of drug-likeness (QED) is 0.651. The average Bonchev–Trinajstić information content (AvgIpc) is 2.43. The third-order valence-electron chi connectivity index (χ3n) is 2.40. The number of nitrogens with one attached hydrogen (secondary N) is 1. The number of hydrogen-bond donors (Lipinski definition) is 3. The molecule has 0 bridgehead atoms. The van der Waals surface area contributed by atoms with Crippen LogP contribution in [0.15, 0.2) is 24.3 Å². The van der Waals surface area contributed by atoms with Crippen molar-refractivity contribution in [3.63, 3.8) is 0 Å². The lowest BCUT2D eigenvalue weighted by Gasteiger charge is -2.13. The number of rotatable bonds is 6. The van der Waals surface area contributed by atoms with Crippen molar-refractivity contribution >= 4 is 34.8 Å². The topological polar surface area (TPSA) is 136 Å². The lowest BCUT2D eigenvalue weighted by atomic mass is 10.2. The van der Waals surface area contributed by atoms with Gasteiger partial charge in [-0.1, -0.05) is 12.1 Å². The van der Waals surface area contributed by atoms with E-state index in [9.17, 15) is 19.2 Å². The van der Waals surface area contributed by atoms with Crippen LogP contribution >= 0.6 is 11.8 Å². The molecule has 9 heteroatoms. The minimum Gasteiger partial charge on any atom is -0.478 e. The number of carbonyl (C=O) groups is 4. The van der Waals surface area contributed by atoms with E-state index in [0.717, 1.165) is 0 Å². The first-order valence-corrected chi connectivity index (χ1v) is 7.03. The highest BCUT2D eigenvalue weighted by Gasteiger charge is 2.20. The standard InChI is InChI=1S/C13H14N2O6S/c1-7(16)15-9(11(14)17)6-22-13(20)21-10-5-3-2-4-8(10)12(18)19/h2-5,9H,6H2,1H3,(H2,14,17)(H,15,16)(H,18,19)/t9-/m0/s1. The first kappa shape index (κ1) is 17.5. The molecule has 8 nitrogen and oxygen atoms in total. The van der Waals surface area contributed by atoms with Gasteiger partial charge in [0.25, 0.3) is 0 Å². The molecule has 0 fully saturated rings. The van der Waals surface area contributed by atoms with Crippen molar-refractivity contribution in [2.45, 2.75) is 13.0 Å². The molecule has 0 saturated carbocycles. The number of para-hydroxylation sites is 1. The number of ether oxygens (including phenoxy) is 1. The average molecular weight is 326 g/mol. The highest BCUT2D eigenvalue weighted by atomic mass is 32.2. The molecule has 2 amide bonds. The maximum absolute atomic E-state index is 11.7. The molecule has 0 spiro atoms. The van der Waals surface area contributed by atoms with E-state index < -0.39 is 29.1 Å². The van der Waals surface area contributed by atoms with Gasteiger partial charge in [0, 0.05) is 12.7 Å². The third-order valence-corrected chi connectivity index (χ3v) is 3.22. The molecule has 1 rings (SSSR count). The summed E-state index contributed by atoms with van der Waals surface area (Å²) in [5.74, 6) is -2.72. The van der Waals surface area contributed by atoms with Crippen LogP contribution in [-0.2, 0) is 9.59 Å². The Morgan fingerprint density at radius 2 is 1.95 bits per heavy atom. The van der Waals surface area contributed by atoms with Gasteiger partial charge in [-0.3, -0.25) is 9.59 Å². The molecular formula is C13H14N2O6S. The summed E-state index contributed by atoms with van der Waals surface area (Å²) in [5, 5.41) is 10.4. The molecule has 1 aromatic rings. The van der Waals surface area contributed by atoms with Gasteiger partial charge in [-0.2, -0.15) is 0 Å². The van der Waals surface area contributed by atoms with E-state index >= 15 is 0 Å². The molecule has 0 unspecified atom stereocenters. The molecule has 0 aliphatic rings. The summed E-state index contributed by atoms with van der Waals surface area (Å²) in [4.78, 5) is 44.7. The second-order valence-corrected chi connectivity index (χ2v) is 5.08. The van der Waals surface area contributed by atoms with E-state index in [4.69, 9.17) is 15.6 Å². The van der Waals surface area contributed by atoms with Gasteiger partial charge in [-0.25, -0.2) is 9.59 Å². The number of nitrogens with two attached hydrogens (primary N) is 1. The molecule has 118 valence electrons. The van der Waals surface area contributed by atoms with Gasteiger partial charge in [0.2, 0.25) is 11.8 Å². The Labute approximate surface area is 130 Å². The van der Waals surface area contributed by atoms with Crippen LogP contribution in [0.25, 0.3) is 0 Å². The minimum atomic E-state index is -1.23. The van der Waals surface area contributed by atoms with Crippen LogP contribution in [0.3, 0.4) is 0 Å². The number of aromatic carboxylic acids is 1. The largest absolute Gasteiger partial charge is 0.478 e. The monoisotopic (exact) mass is 326 g/mol. The Balaban J connectivity index is 2.65. The van der Waals surface area contributed by atoms with Gasteiger partial charge in [0.15, 0.2) is 0 Å². The Morgan fingerprint density at radius 3 is 2.50 bits per heavy atom. The van der Waals surface area contributed by atoms with E-state index in [2.05, 4.69) is 5.32 Å². The molecule has 0 heterocycles. The second-order valence-electron chi connectivity index (χ2n) is 4.12. The summed E-state index contributed by atoms with van der Waals surface area (Å²) in [5.41, 5.74) is 4.93. The van der Waals surface area contributed by atoms with Gasteiger partial charge < -0.3 is 20.9 Å². The van der Waals surface area contributed by atoms with Crippen molar-refractivity contribution in [3.05, 3.63) is 29.8 Å². The molecule has 0 radical (unpaired) electrons. The van der Waals surface area contributed by atoms with E-state index in [1.165, 1.54) is 31.2 Å². The molecule has 0 aliphatic heterocycles. The van der Waals surface area contributed by atoms with E-state index in [1.807, 2.05) is 0 Å². The van der Waals surface area contributed by atoms with Crippen molar-refractivity contribution in [1.29, 1.82) is 0 Å². The first-order valence-electron chi connectivity index (χ1n) is 6.04. The fourth-order valence-corrected chi connectivity index (χ4v) is 2.14. The van der Waals surface area contributed by atoms with Crippen molar-refractivity contribution < 1.29 is 29.0 Å². The van der Waals surface area contributed by atoms with Gasteiger partial charge in [0.05, 0.1) is 0 Å². The van der Waals surface area contributed by atoms with Crippen LogP contribution in [0.4, 0.5) is 4.79 Å². The second kappa shape index (κ2) is 8.03. The van der Waals surface area contributed by atoms with Crippen molar-refractivity contribution in [2.24, 2.45) is 5.73 Å². The number of hydrogen-bond acceptors (Lipinski definition) is 6. The van der Waals surface area contributed by atoms with E-state index in [0.29, 0.717) is 11.8 Å². The summed E-state index contributed by atoms with van der Waals surface area (Å²) in [7, 11) is 0. The minimum absolute atomic E-state index is 0.109. The summed E-state index contributed by atoms with van der Waals surface area (Å²) < 4.78 is 4.92. The zero-order valence-electron chi connectivity index (χ0n) is 11.6. The molecule has 4 N–H and O–H groups in total. The van der Waals surface area contributed by atoms with E-state index in [1.54, 1.807) is 0 Å². The number of carboxylic acids is 1. The molecule has 0 saturated heterocycles.